The first-order valence-corrected chi connectivity index (χ1v) is 10.8. The number of Topliss-reactive ketones (excluding diaryl/α,β-unsaturated/α-hetero) is 1. The number of hydrogen-bond donors (Lipinski definition) is 1. The van der Waals surface area contributed by atoms with Crippen molar-refractivity contribution in [3.8, 4) is 11.1 Å². The maximum absolute atomic E-state index is 13.1. The van der Waals surface area contributed by atoms with Crippen LogP contribution in [-0.2, 0) is 17.5 Å². The Bertz CT molecular complexity index is 1160. The van der Waals surface area contributed by atoms with Gasteiger partial charge in [-0.3, -0.25) is 4.79 Å². The van der Waals surface area contributed by atoms with Crippen LogP contribution in [0, 0.1) is 5.92 Å². The molecule has 168 valence electrons. The zero-order valence-electron chi connectivity index (χ0n) is 17.5. The SMILES string of the molecule is O=C(O)C(=O)c1cn(CCCC2CCCC2)c2ccc(-c3cccc(C(F)(F)F)c3)cc12. The Balaban J connectivity index is 1.70. The number of alkyl halides is 3. The molecule has 32 heavy (non-hydrogen) atoms. The van der Waals surface area contributed by atoms with Crippen LogP contribution in [0.2, 0.25) is 0 Å². The predicted octanol–water partition coefficient (Wildman–Crippen LogP) is 6.56. The number of benzene rings is 2. The van der Waals surface area contributed by atoms with Gasteiger partial charge in [0.25, 0.3) is 5.78 Å². The van der Waals surface area contributed by atoms with E-state index >= 15 is 0 Å². The lowest BCUT2D eigenvalue weighted by Gasteiger charge is -2.11. The molecule has 1 saturated carbocycles. The van der Waals surface area contributed by atoms with Gasteiger partial charge >= 0.3 is 12.1 Å². The van der Waals surface area contributed by atoms with Crippen LogP contribution in [0.25, 0.3) is 22.0 Å². The van der Waals surface area contributed by atoms with Gasteiger partial charge in [0.2, 0.25) is 0 Å². The minimum atomic E-state index is -4.47. The predicted molar refractivity (Wildman–Crippen MR) is 116 cm³/mol. The number of carbonyl (C=O) groups excluding carboxylic acids is 1. The van der Waals surface area contributed by atoms with E-state index in [4.69, 9.17) is 0 Å². The highest BCUT2D eigenvalue weighted by Crippen LogP contribution is 2.34. The summed E-state index contributed by atoms with van der Waals surface area (Å²) in [5.74, 6) is -1.85. The first-order valence-electron chi connectivity index (χ1n) is 10.8. The van der Waals surface area contributed by atoms with E-state index in [9.17, 15) is 27.9 Å². The molecule has 0 unspecified atom stereocenters. The highest BCUT2D eigenvalue weighted by Gasteiger charge is 2.30. The Hall–Kier alpha value is -3.09. The summed E-state index contributed by atoms with van der Waals surface area (Å²) in [7, 11) is 0. The smallest absolute Gasteiger partial charge is 0.416 e. The third-order valence-electron chi connectivity index (χ3n) is 6.33. The number of hydrogen-bond acceptors (Lipinski definition) is 2. The average Bonchev–Trinajstić information content (AvgIpc) is 3.40. The number of fused-ring (bicyclic) bond motifs is 1. The average molecular weight is 443 g/mol. The molecule has 0 bridgehead atoms. The Morgan fingerprint density at radius 2 is 1.75 bits per heavy atom. The van der Waals surface area contributed by atoms with Gasteiger partial charge in [-0.2, -0.15) is 13.2 Å². The molecule has 2 aromatic carbocycles. The summed E-state index contributed by atoms with van der Waals surface area (Å²) in [6.07, 6.45) is 4.14. The minimum absolute atomic E-state index is 0.0576. The molecular weight excluding hydrogens is 419 g/mol. The third-order valence-corrected chi connectivity index (χ3v) is 6.33. The summed E-state index contributed by atoms with van der Waals surface area (Å²) in [6, 6.07) is 10.0. The molecular formula is C25H24F3NO3. The molecule has 0 saturated heterocycles. The number of aliphatic carboxylic acids is 1. The van der Waals surface area contributed by atoms with Gasteiger partial charge in [-0.05, 0) is 54.2 Å². The summed E-state index contributed by atoms with van der Waals surface area (Å²) in [5, 5.41) is 9.69. The van der Waals surface area contributed by atoms with Crippen molar-refractivity contribution in [2.45, 2.75) is 51.2 Å². The lowest BCUT2D eigenvalue weighted by molar-refractivity contribution is -0.137. The first kappa shape index (κ1) is 22.1. The van der Waals surface area contributed by atoms with E-state index in [0.29, 0.717) is 28.6 Å². The Labute approximate surface area is 183 Å². The number of aromatic nitrogens is 1. The van der Waals surface area contributed by atoms with E-state index < -0.39 is 23.5 Å². The van der Waals surface area contributed by atoms with Gasteiger partial charge in [0.05, 0.1) is 11.1 Å². The quantitative estimate of drug-likeness (QED) is 0.332. The van der Waals surface area contributed by atoms with Gasteiger partial charge in [-0.25, -0.2) is 4.79 Å². The summed E-state index contributed by atoms with van der Waals surface area (Å²) >= 11 is 0. The van der Waals surface area contributed by atoms with Crippen molar-refractivity contribution in [3.63, 3.8) is 0 Å². The van der Waals surface area contributed by atoms with Gasteiger partial charge in [-0.15, -0.1) is 0 Å². The number of nitrogens with zero attached hydrogens (tertiary/aromatic N) is 1. The Morgan fingerprint density at radius 1 is 1.03 bits per heavy atom. The fourth-order valence-electron chi connectivity index (χ4n) is 4.68. The topological polar surface area (TPSA) is 59.3 Å². The molecule has 0 aliphatic heterocycles. The number of ketones is 1. The van der Waals surface area contributed by atoms with Gasteiger partial charge in [0, 0.05) is 23.6 Å². The van der Waals surface area contributed by atoms with Crippen LogP contribution in [0.15, 0.2) is 48.7 Å². The number of carboxylic acid groups (broad SMARTS) is 1. The van der Waals surface area contributed by atoms with Crippen molar-refractivity contribution in [3.05, 3.63) is 59.8 Å². The molecule has 0 amide bonds. The molecule has 4 rings (SSSR count). The molecule has 1 fully saturated rings. The van der Waals surface area contributed by atoms with Crippen molar-refractivity contribution in [2.24, 2.45) is 5.92 Å². The molecule has 0 atom stereocenters. The van der Waals surface area contributed by atoms with Crippen molar-refractivity contribution in [2.75, 3.05) is 0 Å². The van der Waals surface area contributed by atoms with E-state index in [2.05, 4.69) is 0 Å². The van der Waals surface area contributed by atoms with Crippen molar-refractivity contribution in [1.82, 2.24) is 4.57 Å². The normalized spacial score (nSPS) is 14.8. The molecule has 1 aliphatic rings. The molecule has 7 heteroatoms. The Morgan fingerprint density at radius 3 is 2.44 bits per heavy atom. The number of halogens is 3. The largest absolute Gasteiger partial charge is 0.475 e. The molecule has 4 nitrogen and oxygen atoms in total. The van der Waals surface area contributed by atoms with E-state index in [-0.39, 0.29) is 5.56 Å². The Kier molecular flexibility index (Phi) is 6.09. The number of aryl methyl sites for hydroxylation is 1. The van der Waals surface area contributed by atoms with Crippen LogP contribution < -0.4 is 0 Å². The van der Waals surface area contributed by atoms with Gasteiger partial charge in [0.1, 0.15) is 0 Å². The second-order valence-electron chi connectivity index (χ2n) is 8.47. The third kappa shape index (κ3) is 4.56. The molecule has 0 spiro atoms. The van der Waals surface area contributed by atoms with Crippen molar-refractivity contribution in [1.29, 1.82) is 0 Å². The van der Waals surface area contributed by atoms with E-state index in [0.717, 1.165) is 30.9 Å². The minimum Gasteiger partial charge on any atom is -0.475 e. The fraction of sp³-hybridized carbons (Fsp3) is 0.360. The zero-order chi connectivity index (χ0) is 22.9. The van der Waals surface area contributed by atoms with Crippen LogP contribution in [0.1, 0.15) is 54.4 Å². The number of rotatable bonds is 7. The van der Waals surface area contributed by atoms with Crippen molar-refractivity contribution >= 4 is 22.7 Å². The second-order valence-corrected chi connectivity index (χ2v) is 8.47. The highest BCUT2D eigenvalue weighted by molar-refractivity contribution is 6.42. The number of carboxylic acids is 1. The van der Waals surface area contributed by atoms with Crippen LogP contribution in [0.5, 0.6) is 0 Å². The maximum atomic E-state index is 13.1. The fourth-order valence-corrected chi connectivity index (χ4v) is 4.68. The molecule has 1 heterocycles. The van der Waals surface area contributed by atoms with Gasteiger partial charge in [0.15, 0.2) is 0 Å². The van der Waals surface area contributed by atoms with E-state index in [1.807, 2.05) is 4.57 Å². The standard InChI is InChI=1S/C25H24F3NO3/c26-25(27,28)19-9-3-8-17(13-19)18-10-11-22-20(14-18)21(23(30)24(31)32)15-29(22)12-4-7-16-5-1-2-6-16/h3,8-11,13-16H,1-2,4-7,12H2,(H,31,32). The zero-order valence-corrected chi connectivity index (χ0v) is 17.5. The van der Waals surface area contributed by atoms with E-state index in [1.165, 1.54) is 31.7 Å². The van der Waals surface area contributed by atoms with E-state index in [1.54, 1.807) is 30.5 Å². The van der Waals surface area contributed by atoms with Gasteiger partial charge in [-0.1, -0.05) is 43.9 Å². The van der Waals surface area contributed by atoms with Crippen LogP contribution in [0.4, 0.5) is 13.2 Å². The maximum Gasteiger partial charge on any atom is 0.416 e. The molecule has 3 aromatic rings. The molecule has 1 N–H and O–H groups in total. The summed E-state index contributed by atoms with van der Waals surface area (Å²) < 4.78 is 41.2. The summed E-state index contributed by atoms with van der Waals surface area (Å²) in [5.41, 5.74) is 0.844. The molecule has 1 aromatic heterocycles. The second kappa shape index (κ2) is 8.81. The lowest BCUT2D eigenvalue weighted by Crippen LogP contribution is -2.12. The highest BCUT2D eigenvalue weighted by atomic mass is 19.4. The summed E-state index contributed by atoms with van der Waals surface area (Å²) in [6.45, 7) is 0.656. The lowest BCUT2D eigenvalue weighted by atomic mass is 9.99. The monoisotopic (exact) mass is 443 g/mol. The first-order chi connectivity index (χ1) is 15.2. The van der Waals surface area contributed by atoms with Gasteiger partial charge < -0.3 is 9.67 Å². The number of carbonyl (C=O) groups is 2. The van der Waals surface area contributed by atoms with Crippen LogP contribution in [-0.4, -0.2) is 21.4 Å². The van der Waals surface area contributed by atoms with Crippen LogP contribution in [0.3, 0.4) is 0 Å². The van der Waals surface area contributed by atoms with Crippen molar-refractivity contribution < 1.29 is 27.9 Å². The molecule has 1 aliphatic carbocycles. The molecule has 0 radical (unpaired) electrons. The van der Waals surface area contributed by atoms with Crippen LogP contribution >= 0.6 is 0 Å². The summed E-state index contributed by atoms with van der Waals surface area (Å²) in [4.78, 5) is 23.7.